The van der Waals surface area contributed by atoms with Crippen LogP contribution in [0.3, 0.4) is 0 Å². The summed E-state index contributed by atoms with van der Waals surface area (Å²) in [6.45, 7) is 9.70. The predicted octanol–water partition coefficient (Wildman–Crippen LogP) is 2.86. The van der Waals surface area contributed by atoms with Gasteiger partial charge in [-0.25, -0.2) is 0 Å². The Balaban J connectivity index is 4.58. The zero-order chi connectivity index (χ0) is 12.4. The Hall–Kier alpha value is -0.200. The van der Waals surface area contributed by atoms with E-state index in [1.165, 1.54) is 0 Å². The highest BCUT2D eigenvalue weighted by Gasteiger charge is 2.34. The van der Waals surface area contributed by atoms with Crippen LogP contribution in [0, 0.1) is 11.3 Å². The number of hydrogen-bond acceptors (Lipinski definition) is 4. The molecule has 0 saturated carbocycles. The van der Waals surface area contributed by atoms with Gasteiger partial charge < -0.3 is 14.0 Å². The van der Waals surface area contributed by atoms with Gasteiger partial charge in [0.2, 0.25) is 0 Å². The van der Waals surface area contributed by atoms with Gasteiger partial charge in [-0.1, -0.05) is 0 Å². The molecule has 16 heavy (non-hydrogen) atoms. The van der Waals surface area contributed by atoms with Crippen molar-refractivity contribution in [3.63, 3.8) is 0 Å². The summed E-state index contributed by atoms with van der Waals surface area (Å²) in [4.78, 5) is 0. The Morgan fingerprint density at radius 1 is 1.12 bits per heavy atom. The van der Waals surface area contributed by atoms with Crippen molar-refractivity contribution in [1.82, 2.24) is 0 Å². The normalized spacial score (nSPS) is 14.8. The molecule has 0 aliphatic rings. The predicted molar refractivity (Wildman–Crippen MR) is 66.6 cm³/mol. The number of nitrogens with zero attached hydrogens (tertiary/aromatic N) is 1. The molecule has 0 aliphatic heterocycles. The SMILES string of the molecule is CCOC(OCC)[P](C)(CCC#N)OCC. The maximum atomic E-state index is 8.67. The van der Waals surface area contributed by atoms with Gasteiger partial charge in [0.15, 0.2) is 6.03 Å². The van der Waals surface area contributed by atoms with Crippen LogP contribution in [0.1, 0.15) is 27.2 Å². The first kappa shape index (κ1) is 15.8. The van der Waals surface area contributed by atoms with Crippen molar-refractivity contribution in [2.75, 3.05) is 32.6 Å². The molecule has 1 unspecified atom stereocenters. The van der Waals surface area contributed by atoms with Crippen molar-refractivity contribution >= 4 is 7.49 Å². The van der Waals surface area contributed by atoms with Crippen LogP contribution >= 0.6 is 7.49 Å². The zero-order valence-corrected chi connectivity index (χ0v) is 11.6. The highest BCUT2D eigenvalue weighted by Crippen LogP contribution is 2.61. The molecule has 0 N–H and O–H groups in total. The lowest BCUT2D eigenvalue weighted by Crippen LogP contribution is -2.24. The fourth-order valence-corrected chi connectivity index (χ4v) is 3.97. The van der Waals surface area contributed by atoms with Crippen LogP contribution in [-0.4, -0.2) is 38.7 Å². The first-order valence-corrected chi connectivity index (χ1v) is 8.15. The summed E-state index contributed by atoms with van der Waals surface area (Å²) >= 11 is 0. The molecule has 0 heterocycles. The fourth-order valence-electron chi connectivity index (χ4n) is 1.45. The summed E-state index contributed by atoms with van der Waals surface area (Å²) in [7, 11) is -1.80. The smallest absolute Gasteiger partial charge is 0.195 e. The van der Waals surface area contributed by atoms with E-state index >= 15 is 0 Å². The lowest BCUT2D eigenvalue weighted by atomic mass is 10.6. The maximum Gasteiger partial charge on any atom is 0.195 e. The van der Waals surface area contributed by atoms with Gasteiger partial charge in [-0.05, 0) is 27.4 Å². The van der Waals surface area contributed by atoms with E-state index in [4.69, 9.17) is 19.3 Å². The first-order chi connectivity index (χ1) is 7.64. The molecule has 0 fully saturated rings. The quantitative estimate of drug-likeness (QED) is 0.465. The van der Waals surface area contributed by atoms with Crippen molar-refractivity contribution in [2.45, 2.75) is 33.2 Å². The molecular formula is C11H23NO3P. The second-order valence-electron chi connectivity index (χ2n) is 3.44. The summed E-state index contributed by atoms with van der Waals surface area (Å²) in [5.41, 5.74) is 0. The van der Waals surface area contributed by atoms with E-state index in [-0.39, 0.29) is 6.03 Å². The highest BCUT2D eigenvalue weighted by molar-refractivity contribution is 7.70. The summed E-state index contributed by atoms with van der Waals surface area (Å²) in [6.07, 6.45) is 1.21. The van der Waals surface area contributed by atoms with E-state index in [0.29, 0.717) is 26.2 Å². The Morgan fingerprint density at radius 3 is 2.06 bits per heavy atom. The van der Waals surface area contributed by atoms with Gasteiger partial charge >= 0.3 is 0 Å². The number of rotatable bonds is 9. The summed E-state index contributed by atoms with van der Waals surface area (Å²) in [5, 5.41) is 8.67. The topological polar surface area (TPSA) is 51.5 Å². The van der Waals surface area contributed by atoms with Crippen LogP contribution in [0.4, 0.5) is 0 Å². The molecule has 0 aromatic carbocycles. The summed E-state index contributed by atoms with van der Waals surface area (Å²) in [5.74, 6) is 0. The maximum absolute atomic E-state index is 8.67. The Labute approximate surface area is 99.3 Å². The lowest BCUT2D eigenvalue weighted by molar-refractivity contribution is -0.0863. The molecule has 0 rings (SSSR count). The van der Waals surface area contributed by atoms with Crippen molar-refractivity contribution in [3.05, 3.63) is 0 Å². The minimum Gasteiger partial charge on any atom is -0.361 e. The van der Waals surface area contributed by atoms with Gasteiger partial charge in [-0.15, -0.1) is 0 Å². The molecule has 4 nitrogen and oxygen atoms in total. The van der Waals surface area contributed by atoms with Crippen molar-refractivity contribution in [3.8, 4) is 6.07 Å². The van der Waals surface area contributed by atoms with Gasteiger partial charge in [-0.3, -0.25) is 0 Å². The molecule has 0 spiro atoms. The molecule has 0 aliphatic carbocycles. The van der Waals surface area contributed by atoms with E-state index in [2.05, 4.69) is 6.07 Å². The second-order valence-corrected chi connectivity index (χ2v) is 6.92. The van der Waals surface area contributed by atoms with Crippen molar-refractivity contribution in [1.29, 1.82) is 5.26 Å². The summed E-state index contributed by atoms with van der Waals surface area (Å²) in [6, 6.07) is 1.86. The molecule has 1 atom stereocenters. The third kappa shape index (κ3) is 5.23. The number of ether oxygens (including phenoxy) is 2. The lowest BCUT2D eigenvalue weighted by Gasteiger charge is -2.37. The van der Waals surface area contributed by atoms with Crippen LogP contribution in [0.2, 0.25) is 0 Å². The standard InChI is InChI=1S/C11H23NO3P/c1-5-13-11(14-6-2)16(4,15-7-3)10-8-9-12/h11H,5-8,10H2,1-4H3. The van der Waals surface area contributed by atoms with Gasteiger partial charge in [0.05, 0.1) is 6.07 Å². The molecule has 0 amide bonds. The Kier molecular flexibility index (Phi) is 8.78. The molecule has 5 heteroatoms. The molecule has 95 valence electrons. The monoisotopic (exact) mass is 248 g/mol. The third-order valence-electron chi connectivity index (χ3n) is 2.16. The van der Waals surface area contributed by atoms with Crippen LogP contribution in [0.15, 0.2) is 0 Å². The Morgan fingerprint density at radius 2 is 1.69 bits per heavy atom. The van der Waals surface area contributed by atoms with Gasteiger partial charge in [-0.2, -0.15) is 5.26 Å². The minimum absolute atomic E-state index is 0.296. The van der Waals surface area contributed by atoms with Crippen LogP contribution < -0.4 is 0 Å². The minimum atomic E-state index is -1.80. The average Bonchev–Trinajstić information content (AvgIpc) is 2.26. The average molecular weight is 248 g/mol. The molecular weight excluding hydrogens is 225 g/mol. The van der Waals surface area contributed by atoms with Crippen LogP contribution in [0.5, 0.6) is 0 Å². The molecule has 1 radical (unpaired) electrons. The van der Waals surface area contributed by atoms with E-state index in [1.54, 1.807) is 0 Å². The molecule has 0 bridgehead atoms. The molecule has 0 aromatic rings. The van der Waals surface area contributed by atoms with Crippen molar-refractivity contribution in [2.24, 2.45) is 0 Å². The fraction of sp³-hybridized carbons (Fsp3) is 0.909. The third-order valence-corrected chi connectivity index (χ3v) is 5.31. The highest BCUT2D eigenvalue weighted by atomic mass is 31.2. The van der Waals surface area contributed by atoms with E-state index in [9.17, 15) is 0 Å². The van der Waals surface area contributed by atoms with E-state index in [0.717, 1.165) is 6.16 Å². The van der Waals surface area contributed by atoms with Crippen LogP contribution in [0.25, 0.3) is 0 Å². The Bertz CT molecular complexity index is 214. The van der Waals surface area contributed by atoms with E-state index < -0.39 is 7.49 Å². The van der Waals surface area contributed by atoms with Gasteiger partial charge in [0.25, 0.3) is 0 Å². The molecule has 0 saturated heterocycles. The summed E-state index contributed by atoms with van der Waals surface area (Å²) < 4.78 is 17.0. The molecule has 0 aromatic heterocycles. The first-order valence-electron chi connectivity index (χ1n) is 5.74. The van der Waals surface area contributed by atoms with E-state index in [1.807, 2.05) is 27.4 Å². The van der Waals surface area contributed by atoms with Crippen molar-refractivity contribution < 1.29 is 14.0 Å². The second kappa shape index (κ2) is 8.90. The largest absolute Gasteiger partial charge is 0.361 e. The van der Waals surface area contributed by atoms with Crippen LogP contribution in [-0.2, 0) is 14.0 Å². The number of hydrogen-bond donors (Lipinski definition) is 0. The zero-order valence-electron chi connectivity index (χ0n) is 10.7. The number of nitriles is 1. The van der Waals surface area contributed by atoms with Gasteiger partial charge in [0, 0.05) is 39.9 Å². The van der Waals surface area contributed by atoms with Gasteiger partial charge in [0.1, 0.15) is 0 Å².